The lowest BCUT2D eigenvalue weighted by Crippen LogP contribution is -2.53. The lowest BCUT2D eigenvalue weighted by molar-refractivity contribution is -0.126. The maximum Gasteiger partial charge on any atom is 0.225 e. The SMILES string of the molecule is CC(NC(=O)[C@H]1CNC[C@@H]1c1cnn(C)c1)C(C)N1CCOCC1.Cl.Cl. The summed E-state index contributed by atoms with van der Waals surface area (Å²) < 4.78 is 7.21. The van der Waals surface area contributed by atoms with Crippen molar-refractivity contribution in [3.05, 3.63) is 18.0 Å². The van der Waals surface area contributed by atoms with Gasteiger partial charge < -0.3 is 15.4 Å². The first kappa shape index (κ1) is 23.2. The summed E-state index contributed by atoms with van der Waals surface area (Å²) >= 11 is 0. The minimum atomic E-state index is -0.0338. The Morgan fingerprint density at radius 2 is 2.00 bits per heavy atom. The molecule has 26 heavy (non-hydrogen) atoms. The number of rotatable bonds is 5. The number of halogens is 2. The van der Waals surface area contributed by atoms with Crippen molar-refractivity contribution in [3.63, 3.8) is 0 Å². The molecule has 2 unspecified atom stereocenters. The highest BCUT2D eigenvalue weighted by molar-refractivity contribution is 5.85. The van der Waals surface area contributed by atoms with Gasteiger partial charge in [0.25, 0.3) is 0 Å². The molecule has 150 valence electrons. The minimum absolute atomic E-state index is 0. The van der Waals surface area contributed by atoms with Gasteiger partial charge in [0.15, 0.2) is 0 Å². The van der Waals surface area contributed by atoms with E-state index in [1.165, 1.54) is 0 Å². The van der Waals surface area contributed by atoms with Gasteiger partial charge >= 0.3 is 0 Å². The lowest BCUT2D eigenvalue weighted by Gasteiger charge is -2.36. The molecule has 7 nitrogen and oxygen atoms in total. The Labute approximate surface area is 168 Å². The quantitative estimate of drug-likeness (QED) is 0.754. The molecule has 2 aliphatic heterocycles. The van der Waals surface area contributed by atoms with Crippen LogP contribution in [0, 0.1) is 5.92 Å². The van der Waals surface area contributed by atoms with Crippen LogP contribution in [-0.4, -0.2) is 72.1 Å². The zero-order valence-electron chi connectivity index (χ0n) is 15.7. The summed E-state index contributed by atoms with van der Waals surface area (Å²) in [5.74, 6) is 0.305. The predicted molar refractivity (Wildman–Crippen MR) is 106 cm³/mol. The van der Waals surface area contributed by atoms with Gasteiger partial charge in [-0.05, 0) is 19.4 Å². The van der Waals surface area contributed by atoms with Crippen LogP contribution < -0.4 is 10.6 Å². The van der Waals surface area contributed by atoms with E-state index in [4.69, 9.17) is 4.74 Å². The van der Waals surface area contributed by atoms with Crippen molar-refractivity contribution in [1.82, 2.24) is 25.3 Å². The van der Waals surface area contributed by atoms with Gasteiger partial charge in [-0.2, -0.15) is 5.10 Å². The summed E-state index contributed by atoms with van der Waals surface area (Å²) in [7, 11) is 1.91. The molecular formula is C17H31Cl2N5O2. The molecule has 0 spiro atoms. The van der Waals surface area contributed by atoms with Crippen LogP contribution in [0.2, 0.25) is 0 Å². The molecule has 2 fully saturated rings. The van der Waals surface area contributed by atoms with Crippen molar-refractivity contribution in [2.75, 3.05) is 39.4 Å². The molecule has 4 atom stereocenters. The van der Waals surface area contributed by atoms with E-state index in [0.29, 0.717) is 6.04 Å². The largest absolute Gasteiger partial charge is 0.379 e. The summed E-state index contributed by atoms with van der Waals surface area (Å²) in [6.45, 7) is 9.26. The van der Waals surface area contributed by atoms with Crippen molar-refractivity contribution in [2.45, 2.75) is 31.8 Å². The molecule has 0 aliphatic carbocycles. The van der Waals surface area contributed by atoms with Crippen LogP contribution in [0.1, 0.15) is 25.3 Å². The molecule has 1 amide bonds. The van der Waals surface area contributed by atoms with Crippen LogP contribution in [0.3, 0.4) is 0 Å². The van der Waals surface area contributed by atoms with Gasteiger partial charge in [-0.25, -0.2) is 0 Å². The number of aromatic nitrogens is 2. The number of hydrogen-bond acceptors (Lipinski definition) is 5. The lowest BCUT2D eigenvalue weighted by atomic mass is 9.90. The Morgan fingerprint density at radius 3 is 2.62 bits per heavy atom. The first-order valence-electron chi connectivity index (χ1n) is 8.87. The van der Waals surface area contributed by atoms with Gasteiger partial charge in [-0.1, -0.05) is 0 Å². The van der Waals surface area contributed by atoms with E-state index in [1.807, 2.05) is 19.4 Å². The molecule has 3 heterocycles. The Kier molecular flexibility index (Phi) is 9.33. The number of ether oxygens (including phenoxy) is 1. The molecule has 1 aromatic rings. The molecule has 2 aliphatic rings. The maximum absolute atomic E-state index is 12.8. The fourth-order valence-corrected chi connectivity index (χ4v) is 3.69. The summed E-state index contributed by atoms with van der Waals surface area (Å²) in [4.78, 5) is 15.2. The van der Waals surface area contributed by atoms with Crippen molar-refractivity contribution >= 4 is 30.7 Å². The molecule has 2 saturated heterocycles. The standard InChI is InChI=1S/C17H29N5O2.2ClH/c1-12(13(2)22-4-6-24-7-5-22)20-17(23)16-10-18-9-15(16)14-8-19-21(3)11-14;;/h8,11-13,15-16,18H,4-7,9-10H2,1-3H3,(H,20,23);2*1H/t12?,13?,15-,16+;;/m1../s1. The molecule has 0 saturated carbocycles. The van der Waals surface area contributed by atoms with Crippen molar-refractivity contribution in [3.8, 4) is 0 Å². The molecule has 9 heteroatoms. The zero-order chi connectivity index (χ0) is 17.1. The van der Waals surface area contributed by atoms with Crippen LogP contribution in [-0.2, 0) is 16.6 Å². The van der Waals surface area contributed by atoms with Crippen LogP contribution in [0.15, 0.2) is 12.4 Å². The smallest absolute Gasteiger partial charge is 0.225 e. The third-order valence-electron chi connectivity index (χ3n) is 5.42. The van der Waals surface area contributed by atoms with E-state index in [0.717, 1.165) is 45.0 Å². The summed E-state index contributed by atoms with van der Waals surface area (Å²) in [5.41, 5.74) is 1.14. The summed E-state index contributed by atoms with van der Waals surface area (Å²) in [5, 5.41) is 10.8. The highest BCUT2D eigenvalue weighted by atomic mass is 35.5. The summed E-state index contributed by atoms with van der Waals surface area (Å²) in [6.07, 6.45) is 3.88. The Balaban J connectivity index is 0.00000169. The second-order valence-electron chi connectivity index (χ2n) is 7.00. The topological polar surface area (TPSA) is 71.4 Å². The fraction of sp³-hybridized carbons (Fsp3) is 0.765. The Morgan fingerprint density at radius 1 is 1.31 bits per heavy atom. The van der Waals surface area contributed by atoms with Crippen LogP contribution >= 0.6 is 24.8 Å². The highest BCUT2D eigenvalue weighted by Crippen LogP contribution is 2.28. The summed E-state index contributed by atoms with van der Waals surface area (Å²) in [6, 6.07) is 0.426. The Bertz CT molecular complexity index is 565. The normalized spacial score (nSPS) is 25.7. The van der Waals surface area contributed by atoms with Gasteiger partial charge in [0.05, 0.1) is 25.3 Å². The average molecular weight is 408 g/mol. The van der Waals surface area contributed by atoms with E-state index in [2.05, 4.69) is 34.5 Å². The fourth-order valence-electron chi connectivity index (χ4n) is 3.69. The van der Waals surface area contributed by atoms with Gasteiger partial charge in [0, 0.05) is 57.4 Å². The second kappa shape index (κ2) is 10.5. The average Bonchev–Trinajstić information content (AvgIpc) is 3.23. The minimum Gasteiger partial charge on any atom is -0.379 e. The molecular weight excluding hydrogens is 377 g/mol. The number of nitrogens with one attached hydrogen (secondary N) is 2. The molecule has 1 aromatic heterocycles. The van der Waals surface area contributed by atoms with Gasteiger partial charge in [-0.3, -0.25) is 14.4 Å². The predicted octanol–water partition coefficient (Wildman–Crippen LogP) is 0.792. The van der Waals surface area contributed by atoms with E-state index < -0.39 is 0 Å². The highest BCUT2D eigenvalue weighted by Gasteiger charge is 2.36. The van der Waals surface area contributed by atoms with E-state index in [1.54, 1.807) is 4.68 Å². The first-order valence-corrected chi connectivity index (χ1v) is 8.87. The first-order chi connectivity index (χ1) is 11.6. The number of aryl methyl sites for hydroxylation is 1. The second-order valence-corrected chi connectivity index (χ2v) is 7.00. The molecule has 2 N–H and O–H groups in total. The maximum atomic E-state index is 12.8. The number of carbonyl (C=O) groups excluding carboxylic acids is 1. The number of morpholine rings is 1. The van der Waals surface area contributed by atoms with E-state index in [9.17, 15) is 4.79 Å². The van der Waals surface area contributed by atoms with E-state index >= 15 is 0 Å². The molecule has 0 bridgehead atoms. The van der Waals surface area contributed by atoms with E-state index in [-0.39, 0.29) is 48.6 Å². The van der Waals surface area contributed by atoms with Gasteiger partial charge in [-0.15, -0.1) is 24.8 Å². The molecule has 0 radical (unpaired) electrons. The van der Waals surface area contributed by atoms with Crippen LogP contribution in [0.25, 0.3) is 0 Å². The van der Waals surface area contributed by atoms with Crippen molar-refractivity contribution in [1.29, 1.82) is 0 Å². The zero-order valence-corrected chi connectivity index (χ0v) is 17.3. The van der Waals surface area contributed by atoms with Gasteiger partial charge in [0.2, 0.25) is 5.91 Å². The number of hydrogen-bond donors (Lipinski definition) is 2. The monoisotopic (exact) mass is 407 g/mol. The molecule has 3 rings (SSSR count). The Hall–Kier alpha value is -0.860. The number of carbonyl (C=O) groups is 1. The van der Waals surface area contributed by atoms with Crippen molar-refractivity contribution < 1.29 is 9.53 Å². The van der Waals surface area contributed by atoms with Crippen LogP contribution in [0.5, 0.6) is 0 Å². The van der Waals surface area contributed by atoms with Gasteiger partial charge in [0.1, 0.15) is 0 Å². The van der Waals surface area contributed by atoms with Crippen molar-refractivity contribution in [2.24, 2.45) is 13.0 Å². The van der Waals surface area contributed by atoms with Crippen LogP contribution in [0.4, 0.5) is 0 Å². The molecule has 0 aromatic carbocycles. The third-order valence-corrected chi connectivity index (χ3v) is 5.42. The number of nitrogens with zero attached hydrogens (tertiary/aromatic N) is 3. The number of amides is 1. The third kappa shape index (κ3) is 5.33.